The molecule has 1 aliphatic rings. The van der Waals surface area contributed by atoms with Crippen molar-refractivity contribution in [1.82, 2.24) is 9.88 Å². The lowest BCUT2D eigenvalue weighted by Gasteiger charge is -2.34. The van der Waals surface area contributed by atoms with Crippen molar-refractivity contribution in [2.24, 2.45) is 0 Å². The van der Waals surface area contributed by atoms with Crippen molar-refractivity contribution in [2.45, 2.75) is 65.5 Å². The summed E-state index contributed by atoms with van der Waals surface area (Å²) < 4.78 is 0. The van der Waals surface area contributed by atoms with Crippen molar-refractivity contribution in [1.29, 1.82) is 0 Å². The van der Waals surface area contributed by atoms with E-state index in [1.165, 1.54) is 17.5 Å². The Morgan fingerprint density at radius 2 is 1.74 bits per heavy atom. The number of urea groups is 1. The molecule has 1 aliphatic carbocycles. The van der Waals surface area contributed by atoms with E-state index in [-0.39, 0.29) is 12.1 Å². The summed E-state index contributed by atoms with van der Waals surface area (Å²) in [7, 11) is 0. The highest BCUT2D eigenvalue weighted by Gasteiger charge is 2.27. The molecule has 1 aromatic heterocycles. The molecule has 1 N–H and O–H groups in total. The number of hydrogen-bond donors (Lipinski definition) is 1. The fourth-order valence-corrected chi connectivity index (χ4v) is 4.76. The van der Waals surface area contributed by atoms with E-state index in [1.807, 2.05) is 36.1 Å². The van der Waals surface area contributed by atoms with Gasteiger partial charge in [0, 0.05) is 22.7 Å². The molecule has 3 aromatic rings. The van der Waals surface area contributed by atoms with Crippen molar-refractivity contribution in [3.05, 3.63) is 69.9 Å². The Hall–Kier alpha value is -2.59. The molecule has 0 unspecified atom stereocenters. The molecule has 1 saturated carbocycles. The van der Waals surface area contributed by atoms with Gasteiger partial charge in [-0.1, -0.05) is 60.2 Å². The second-order valence-electron chi connectivity index (χ2n) is 8.81. The Bertz CT molecular complexity index is 1090. The second-order valence-corrected chi connectivity index (χ2v) is 9.17. The predicted molar refractivity (Wildman–Crippen MR) is 129 cm³/mol. The standard InChI is InChI=1S/C26H30ClN3O/c1-17-9-11-22(12-10-17)28-26(31)30(23-7-5-4-6-8-23)16-21-15-20-14-18(2)13-19(3)24(20)29-25(21)27/h9-15,23H,4-8,16H2,1-3H3,(H,28,31). The number of halogens is 1. The minimum absolute atomic E-state index is 0.0765. The average molecular weight is 436 g/mol. The zero-order chi connectivity index (χ0) is 22.0. The van der Waals surface area contributed by atoms with Gasteiger partial charge in [0.2, 0.25) is 0 Å². The number of amides is 2. The number of anilines is 1. The van der Waals surface area contributed by atoms with Crippen molar-refractivity contribution in [3.8, 4) is 0 Å². The molecule has 2 amide bonds. The van der Waals surface area contributed by atoms with Crippen molar-refractivity contribution < 1.29 is 4.79 Å². The Balaban J connectivity index is 1.64. The number of hydrogen-bond acceptors (Lipinski definition) is 2. The first-order valence-corrected chi connectivity index (χ1v) is 11.5. The third kappa shape index (κ3) is 5.01. The highest BCUT2D eigenvalue weighted by atomic mass is 35.5. The molecule has 0 saturated heterocycles. The van der Waals surface area contributed by atoms with Gasteiger partial charge in [-0.2, -0.15) is 0 Å². The van der Waals surface area contributed by atoms with E-state index in [9.17, 15) is 4.79 Å². The average Bonchev–Trinajstić information content (AvgIpc) is 2.75. The molecule has 5 heteroatoms. The number of carbonyl (C=O) groups excluding carboxylic acids is 1. The van der Waals surface area contributed by atoms with E-state index >= 15 is 0 Å². The molecule has 0 aliphatic heterocycles. The van der Waals surface area contributed by atoms with Gasteiger partial charge in [0.25, 0.3) is 0 Å². The van der Waals surface area contributed by atoms with Gasteiger partial charge >= 0.3 is 6.03 Å². The van der Waals surface area contributed by atoms with Gasteiger partial charge < -0.3 is 10.2 Å². The van der Waals surface area contributed by atoms with E-state index in [2.05, 4.69) is 42.3 Å². The minimum atomic E-state index is -0.0765. The van der Waals surface area contributed by atoms with Crippen LogP contribution in [0.2, 0.25) is 5.15 Å². The van der Waals surface area contributed by atoms with Gasteiger partial charge in [0.1, 0.15) is 5.15 Å². The molecule has 162 valence electrons. The topological polar surface area (TPSA) is 45.2 Å². The number of aromatic nitrogens is 1. The van der Waals surface area contributed by atoms with Crippen LogP contribution in [0.1, 0.15) is 54.4 Å². The van der Waals surface area contributed by atoms with Crippen LogP contribution in [0.3, 0.4) is 0 Å². The van der Waals surface area contributed by atoms with Gasteiger partial charge in [0.05, 0.1) is 12.1 Å². The molecule has 31 heavy (non-hydrogen) atoms. The van der Waals surface area contributed by atoms with Gasteiger partial charge in [0.15, 0.2) is 0 Å². The maximum Gasteiger partial charge on any atom is 0.322 e. The van der Waals surface area contributed by atoms with Crippen molar-refractivity contribution in [2.75, 3.05) is 5.32 Å². The number of fused-ring (bicyclic) bond motifs is 1. The first kappa shape index (κ1) is 21.6. The smallest absolute Gasteiger partial charge is 0.317 e. The Kier molecular flexibility index (Phi) is 6.47. The van der Waals surface area contributed by atoms with E-state index < -0.39 is 0 Å². The molecule has 1 fully saturated rings. The summed E-state index contributed by atoms with van der Waals surface area (Å²) >= 11 is 6.61. The molecule has 0 radical (unpaired) electrons. The molecule has 2 aromatic carbocycles. The van der Waals surface area contributed by atoms with Crippen LogP contribution in [0, 0.1) is 20.8 Å². The molecule has 0 spiro atoms. The lowest BCUT2D eigenvalue weighted by Crippen LogP contribution is -2.43. The highest BCUT2D eigenvalue weighted by molar-refractivity contribution is 6.30. The van der Waals surface area contributed by atoms with Crippen LogP contribution in [-0.2, 0) is 6.54 Å². The lowest BCUT2D eigenvalue weighted by molar-refractivity contribution is 0.163. The number of aryl methyl sites for hydroxylation is 3. The van der Waals surface area contributed by atoms with Crippen LogP contribution in [0.4, 0.5) is 10.5 Å². The third-order valence-electron chi connectivity index (χ3n) is 6.20. The number of pyridine rings is 1. The van der Waals surface area contributed by atoms with Gasteiger partial charge in [-0.15, -0.1) is 0 Å². The van der Waals surface area contributed by atoms with Gasteiger partial charge in [-0.3, -0.25) is 0 Å². The van der Waals surface area contributed by atoms with Crippen molar-refractivity contribution >= 4 is 34.2 Å². The quantitative estimate of drug-likeness (QED) is 0.441. The van der Waals surface area contributed by atoms with Crippen LogP contribution in [0.5, 0.6) is 0 Å². The predicted octanol–water partition coefficient (Wildman–Crippen LogP) is 7.18. The Morgan fingerprint density at radius 1 is 1.03 bits per heavy atom. The zero-order valence-electron chi connectivity index (χ0n) is 18.5. The molecular weight excluding hydrogens is 406 g/mol. The van der Waals surface area contributed by atoms with E-state index in [0.717, 1.165) is 53.4 Å². The molecular formula is C26H30ClN3O. The number of nitrogens with zero attached hydrogens (tertiary/aromatic N) is 2. The molecule has 0 atom stereocenters. The summed E-state index contributed by atoms with van der Waals surface area (Å²) in [6, 6.07) is 14.4. The van der Waals surface area contributed by atoms with Crippen LogP contribution in [-0.4, -0.2) is 22.0 Å². The number of rotatable bonds is 4. The lowest BCUT2D eigenvalue weighted by atomic mass is 9.94. The maximum atomic E-state index is 13.3. The summed E-state index contributed by atoms with van der Waals surface area (Å²) in [4.78, 5) is 20.0. The number of benzene rings is 2. The number of nitrogens with one attached hydrogen (secondary N) is 1. The summed E-state index contributed by atoms with van der Waals surface area (Å²) in [5.74, 6) is 0. The molecule has 1 heterocycles. The van der Waals surface area contributed by atoms with Crippen LogP contribution >= 0.6 is 11.6 Å². The Morgan fingerprint density at radius 3 is 2.45 bits per heavy atom. The maximum absolute atomic E-state index is 13.3. The summed E-state index contributed by atoms with van der Waals surface area (Å²) in [5.41, 5.74) is 6.11. The molecule has 4 nitrogen and oxygen atoms in total. The largest absolute Gasteiger partial charge is 0.322 e. The SMILES string of the molecule is Cc1ccc(NC(=O)N(Cc2cc3cc(C)cc(C)c3nc2Cl)C2CCCCC2)cc1. The first-order chi connectivity index (χ1) is 14.9. The monoisotopic (exact) mass is 435 g/mol. The van der Waals surface area contributed by atoms with Crippen LogP contribution < -0.4 is 5.32 Å². The highest BCUT2D eigenvalue weighted by Crippen LogP contribution is 2.29. The van der Waals surface area contributed by atoms with Gasteiger partial charge in [-0.25, -0.2) is 9.78 Å². The Labute approximate surface area is 189 Å². The normalized spacial score (nSPS) is 14.6. The first-order valence-electron chi connectivity index (χ1n) is 11.1. The summed E-state index contributed by atoms with van der Waals surface area (Å²) in [6.07, 6.45) is 5.60. The van der Waals surface area contributed by atoms with Crippen LogP contribution in [0.25, 0.3) is 10.9 Å². The van der Waals surface area contributed by atoms with Gasteiger partial charge in [-0.05, 0) is 63.4 Å². The number of carbonyl (C=O) groups is 1. The molecule has 4 rings (SSSR count). The van der Waals surface area contributed by atoms with E-state index in [0.29, 0.717) is 11.7 Å². The summed E-state index contributed by atoms with van der Waals surface area (Å²) in [6.45, 7) is 6.64. The second kappa shape index (κ2) is 9.27. The zero-order valence-corrected chi connectivity index (χ0v) is 19.3. The fraction of sp³-hybridized carbons (Fsp3) is 0.385. The summed E-state index contributed by atoms with van der Waals surface area (Å²) in [5, 5.41) is 4.63. The van der Waals surface area contributed by atoms with Crippen molar-refractivity contribution in [3.63, 3.8) is 0 Å². The molecule has 0 bridgehead atoms. The van der Waals surface area contributed by atoms with E-state index in [1.54, 1.807) is 0 Å². The van der Waals surface area contributed by atoms with Crippen LogP contribution in [0.15, 0.2) is 42.5 Å². The fourth-order valence-electron chi connectivity index (χ4n) is 4.56. The van der Waals surface area contributed by atoms with E-state index in [4.69, 9.17) is 11.6 Å². The third-order valence-corrected chi connectivity index (χ3v) is 6.53. The minimum Gasteiger partial charge on any atom is -0.317 e.